The van der Waals surface area contributed by atoms with Gasteiger partial charge in [-0.25, -0.2) is 0 Å². The Hall–Kier alpha value is -1.36. The lowest BCUT2D eigenvalue weighted by Crippen LogP contribution is -2.47. The summed E-state index contributed by atoms with van der Waals surface area (Å²) in [5, 5.41) is 10.3. The summed E-state index contributed by atoms with van der Waals surface area (Å²) in [4.78, 5) is 11.8. The molecule has 0 unspecified atom stereocenters. The van der Waals surface area contributed by atoms with Gasteiger partial charge < -0.3 is 10.6 Å². The highest BCUT2D eigenvalue weighted by Gasteiger charge is 2.19. The summed E-state index contributed by atoms with van der Waals surface area (Å²) in [5.41, 5.74) is 1.16. The van der Waals surface area contributed by atoms with Gasteiger partial charge in [0.25, 0.3) is 0 Å². The Labute approximate surface area is 102 Å². The highest BCUT2D eigenvalue weighted by Crippen LogP contribution is 2.06. The smallest absolute Gasteiger partial charge is 0.237 e. The number of amides is 1. The number of carbonyl (C=O) groups excluding carboxylic acids is 1. The summed E-state index contributed by atoms with van der Waals surface area (Å²) in [5.74, 6) is 0.133. The Bertz CT molecular complexity index is 368. The molecular formula is C12H20N4O. The van der Waals surface area contributed by atoms with Gasteiger partial charge in [0.15, 0.2) is 0 Å². The molecule has 0 bridgehead atoms. The van der Waals surface area contributed by atoms with E-state index in [1.54, 1.807) is 4.68 Å². The fraction of sp³-hybridized carbons (Fsp3) is 0.667. The van der Waals surface area contributed by atoms with Crippen molar-refractivity contribution in [2.75, 3.05) is 13.1 Å². The Balaban J connectivity index is 1.69. The molecule has 2 N–H and O–H groups in total. The van der Waals surface area contributed by atoms with Crippen molar-refractivity contribution in [2.45, 2.75) is 31.7 Å². The fourth-order valence-electron chi connectivity index (χ4n) is 2.13. The predicted octanol–water partition coefficient (Wildman–Crippen LogP) is 0.221. The largest absolute Gasteiger partial charge is 0.354 e. The zero-order valence-corrected chi connectivity index (χ0v) is 10.3. The van der Waals surface area contributed by atoms with Crippen LogP contribution in [0.15, 0.2) is 12.4 Å². The first-order valence-corrected chi connectivity index (χ1v) is 6.24. The van der Waals surface area contributed by atoms with Crippen LogP contribution in [0.4, 0.5) is 0 Å². The molecule has 1 amide bonds. The van der Waals surface area contributed by atoms with Crippen molar-refractivity contribution in [3.63, 3.8) is 0 Å². The molecular weight excluding hydrogens is 216 g/mol. The molecule has 2 heterocycles. The minimum atomic E-state index is 0.0117. The van der Waals surface area contributed by atoms with Crippen LogP contribution < -0.4 is 10.6 Å². The molecule has 2 rings (SSSR count). The van der Waals surface area contributed by atoms with Crippen LogP contribution in [0.3, 0.4) is 0 Å². The maximum atomic E-state index is 11.8. The molecule has 1 saturated heterocycles. The second-order valence-corrected chi connectivity index (χ2v) is 4.57. The summed E-state index contributed by atoms with van der Waals surface area (Å²) >= 11 is 0. The lowest BCUT2D eigenvalue weighted by molar-refractivity contribution is -0.123. The molecule has 94 valence electrons. The third kappa shape index (κ3) is 3.56. The van der Waals surface area contributed by atoms with Crippen molar-refractivity contribution in [3.05, 3.63) is 18.0 Å². The van der Waals surface area contributed by atoms with Crippen LogP contribution in [-0.4, -0.2) is 34.8 Å². The molecule has 1 aliphatic heterocycles. The highest BCUT2D eigenvalue weighted by molar-refractivity contribution is 5.81. The highest BCUT2D eigenvalue weighted by atomic mass is 16.2. The van der Waals surface area contributed by atoms with Gasteiger partial charge in [0.05, 0.1) is 12.2 Å². The number of nitrogens with one attached hydrogen (secondary N) is 2. The third-order valence-corrected chi connectivity index (χ3v) is 3.10. The van der Waals surface area contributed by atoms with Crippen molar-refractivity contribution in [3.8, 4) is 0 Å². The van der Waals surface area contributed by atoms with Crippen LogP contribution in [0.1, 0.15) is 24.8 Å². The van der Waals surface area contributed by atoms with E-state index in [4.69, 9.17) is 0 Å². The Morgan fingerprint density at radius 2 is 2.53 bits per heavy atom. The zero-order valence-electron chi connectivity index (χ0n) is 10.3. The quantitative estimate of drug-likeness (QED) is 0.786. The van der Waals surface area contributed by atoms with E-state index in [9.17, 15) is 4.79 Å². The number of aryl methyl sites for hydroxylation is 1. The van der Waals surface area contributed by atoms with Crippen LogP contribution in [-0.2, 0) is 18.3 Å². The summed E-state index contributed by atoms with van der Waals surface area (Å²) in [6, 6.07) is 0.0117. The summed E-state index contributed by atoms with van der Waals surface area (Å²) < 4.78 is 1.78. The maximum Gasteiger partial charge on any atom is 0.237 e. The first-order chi connectivity index (χ1) is 8.25. The van der Waals surface area contributed by atoms with Crippen molar-refractivity contribution >= 4 is 5.91 Å². The van der Waals surface area contributed by atoms with E-state index in [1.165, 1.54) is 6.42 Å². The van der Waals surface area contributed by atoms with Gasteiger partial charge in [0, 0.05) is 19.8 Å². The lowest BCUT2D eigenvalue weighted by atomic mass is 10.0. The number of hydrogen-bond donors (Lipinski definition) is 2. The average Bonchev–Trinajstić information content (AvgIpc) is 2.76. The van der Waals surface area contributed by atoms with E-state index in [0.717, 1.165) is 31.4 Å². The molecule has 1 aliphatic rings. The van der Waals surface area contributed by atoms with Crippen molar-refractivity contribution in [1.29, 1.82) is 0 Å². The Kier molecular flexibility index (Phi) is 4.14. The molecule has 5 heteroatoms. The SMILES string of the molecule is Cn1cc(CCNC(=O)[C@@H]2CCCCN2)cn1. The van der Waals surface area contributed by atoms with Crippen molar-refractivity contribution in [1.82, 2.24) is 20.4 Å². The number of carbonyl (C=O) groups is 1. The molecule has 0 radical (unpaired) electrons. The number of rotatable bonds is 4. The summed E-state index contributed by atoms with van der Waals surface area (Å²) in [6.45, 7) is 1.64. The van der Waals surface area contributed by atoms with Gasteiger partial charge in [-0.15, -0.1) is 0 Å². The predicted molar refractivity (Wildman–Crippen MR) is 65.6 cm³/mol. The third-order valence-electron chi connectivity index (χ3n) is 3.10. The van der Waals surface area contributed by atoms with Gasteiger partial charge in [-0.05, 0) is 31.4 Å². The minimum absolute atomic E-state index is 0.0117. The monoisotopic (exact) mass is 236 g/mol. The Morgan fingerprint density at radius 3 is 3.18 bits per heavy atom. The van der Waals surface area contributed by atoms with Crippen LogP contribution in [0.2, 0.25) is 0 Å². The molecule has 0 saturated carbocycles. The normalized spacial score (nSPS) is 20.2. The van der Waals surface area contributed by atoms with E-state index in [1.807, 2.05) is 19.4 Å². The molecule has 1 aromatic heterocycles. The molecule has 0 spiro atoms. The van der Waals surface area contributed by atoms with Gasteiger partial charge in [-0.3, -0.25) is 9.48 Å². The maximum absolute atomic E-state index is 11.8. The second-order valence-electron chi connectivity index (χ2n) is 4.57. The van der Waals surface area contributed by atoms with Crippen LogP contribution in [0, 0.1) is 0 Å². The van der Waals surface area contributed by atoms with Crippen LogP contribution >= 0.6 is 0 Å². The number of nitrogens with zero attached hydrogens (tertiary/aromatic N) is 2. The topological polar surface area (TPSA) is 59.0 Å². The molecule has 17 heavy (non-hydrogen) atoms. The standard InChI is InChI=1S/C12H20N4O/c1-16-9-10(8-15-16)5-7-14-12(17)11-4-2-3-6-13-11/h8-9,11,13H,2-7H2,1H3,(H,14,17)/t11-/m0/s1. The van der Waals surface area contributed by atoms with Crippen LogP contribution in [0.5, 0.6) is 0 Å². The average molecular weight is 236 g/mol. The molecule has 0 aliphatic carbocycles. The van der Waals surface area contributed by atoms with Gasteiger partial charge in [-0.1, -0.05) is 6.42 Å². The zero-order chi connectivity index (χ0) is 12.1. The van der Waals surface area contributed by atoms with E-state index < -0.39 is 0 Å². The van der Waals surface area contributed by atoms with Crippen molar-refractivity contribution in [2.24, 2.45) is 7.05 Å². The molecule has 0 aromatic carbocycles. The van der Waals surface area contributed by atoms with Gasteiger partial charge >= 0.3 is 0 Å². The van der Waals surface area contributed by atoms with Gasteiger partial charge in [0.1, 0.15) is 0 Å². The molecule has 1 aromatic rings. The van der Waals surface area contributed by atoms with Crippen LogP contribution in [0.25, 0.3) is 0 Å². The number of aromatic nitrogens is 2. The van der Waals surface area contributed by atoms with E-state index >= 15 is 0 Å². The van der Waals surface area contributed by atoms with E-state index in [-0.39, 0.29) is 11.9 Å². The summed E-state index contributed by atoms with van der Waals surface area (Å²) in [6.07, 6.45) is 7.94. The minimum Gasteiger partial charge on any atom is -0.354 e. The van der Waals surface area contributed by atoms with Crippen molar-refractivity contribution < 1.29 is 4.79 Å². The molecule has 5 nitrogen and oxygen atoms in total. The number of piperidine rings is 1. The second kappa shape index (κ2) is 5.82. The molecule has 1 atom stereocenters. The van der Waals surface area contributed by atoms with E-state index in [0.29, 0.717) is 6.54 Å². The lowest BCUT2D eigenvalue weighted by Gasteiger charge is -2.22. The fourth-order valence-corrected chi connectivity index (χ4v) is 2.13. The van der Waals surface area contributed by atoms with Gasteiger partial charge in [-0.2, -0.15) is 5.10 Å². The van der Waals surface area contributed by atoms with Gasteiger partial charge in [0.2, 0.25) is 5.91 Å². The number of hydrogen-bond acceptors (Lipinski definition) is 3. The molecule has 1 fully saturated rings. The Morgan fingerprint density at radius 1 is 1.65 bits per heavy atom. The first-order valence-electron chi connectivity index (χ1n) is 6.24. The first kappa shape index (κ1) is 12.1. The summed E-state index contributed by atoms with van der Waals surface area (Å²) in [7, 11) is 1.90. The van der Waals surface area contributed by atoms with E-state index in [2.05, 4.69) is 15.7 Å².